The van der Waals surface area contributed by atoms with Crippen LogP contribution in [-0.2, 0) is 0 Å². The van der Waals surface area contributed by atoms with Crippen molar-refractivity contribution in [2.75, 3.05) is 0 Å². The SMILES string of the molecule is Cc1cncc(C(O)c2ccc(F)cc2)c1. The minimum atomic E-state index is -0.756. The molecule has 1 atom stereocenters. The number of nitrogens with zero attached hydrogens (tertiary/aromatic N) is 1. The number of benzene rings is 1. The van der Waals surface area contributed by atoms with Crippen LogP contribution in [-0.4, -0.2) is 10.1 Å². The van der Waals surface area contributed by atoms with Gasteiger partial charge in [-0.25, -0.2) is 4.39 Å². The summed E-state index contributed by atoms with van der Waals surface area (Å²) >= 11 is 0. The third-order valence-corrected chi connectivity index (χ3v) is 2.40. The van der Waals surface area contributed by atoms with Crippen LogP contribution in [0.25, 0.3) is 0 Å². The van der Waals surface area contributed by atoms with Crippen molar-refractivity contribution in [2.45, 2.75) is 13.0 Å². The summed E-state index contributed by atoms with van der Waals surface area (Å²) in [6.07, 6.45) is 2.58. The first-order chi connectivity index (χ1) is 7.66. The van der Waals surface area contributed by atoms with E-state index >= 15 is 0 Å². The second kappa shape index (κ2) is 4.41. The highest BCUT2D eigenvalue weighted by atomic mass is 19.1. The second-order valence-corrected chi connectivity index (χ2v) is 3.75. The highest BCUT2D eigenvalue weighted by molar-refractivity contribution is 5.29. The van der Waals surface area contributed by atoms with Gasteiger partial charge >= 0.3 is 0 Å². The van der Waals surface area contributed by atoms with Crippen LogP contribution >= 0.6 is 0 Å². The number of hydrogen-bond donors (Lipinski definition) is 1. The number of aromatic nitrogens is 1. The number of aryl methyl sites for hydroxylation is 1. The van der Waals surface area contributed by atoms with Gasteiger partial charge in [0.05, 0.1) is 0 Å². The fourth-order valence-corrected chi connectivity index (χ4v) is 1.57. The molecule has 1 heterocycles. The zero-order valence-electron chi connectivity index (χ0n) is 8.89. The predicted octanol–water partition coefficient (Wildman–Crippen LogP) is 2.61. The Kier molecular flexibility index (Phi) is 2.97. The Morgan fingerprint density at radius 1 is 1.12 bits per heavy atom. The molecular weight excluding hydrogens is 205 g/mol. The third kappa shape index (κ3) is 2.25. The van der Waals surface area contributed by atoms with Gasteiger partial charge in [-0.2, -0.15) is 0 Å². The molecule has 2 nitrogen and oxygen atoms in total. The predicted molar refractivity (Wildman–Crippen MR) is 59.4 cm³/mol. The second-order valence-electron chi connectivity index (χ2n) is 3.75. The van der Waals surface area contributed by atoms with Crippen LogP contribution in [0.3, 0.4) is 0 Å². The summed E-state index contributed by atoms with van der Waals surface area (Å²) in [5, 5.41) is 10.0. The Morgan fingerprint density at radius 3 is 2.44 bits per heavy atom. The summed E-state index contributed by atoms with van der Waals surface area (Å²) in [5.74, 6) is -0.307. The van der Waals surface area contributed by atoms with Gasteiger partial charge in [-0.15, -0.1) is 0 Å². The van der Waals surface area contributed by atoms with Crippen LogP contribution < -0.4 is 0 Å². The van der Waals surface area contributed by atoms with Gasteiger partial charge in [0.1, 0.15) is 11.9 Å². The quantitative estimate of drug-likeness (QED) is 0.838. The van der Waals surface area contributed by atoms with Crippen LogP contribution in [0.1, 0.15) is 22.8 Å². The van der Waals surface area contributed by atoms with E-state index in [4.69, 9.17) is 0 Å². The molecule has 0 radical (unpaired) electrons. The Labute approximate surface area is 93.4 Å². The number of pyridine rings is 1. The molecule has 82 valence electrons. The van der Waals surface area contributed by atoms with Crippen molar-refractivity contribution in [3.05, 3.63) is 65.2 Å². The average Bonchev–Trinajstić information content (AvgIpc) is 2.29. The molecule has 0 bridgehead atoms. The lowest BCUT2D eigenvalue weighted by atomic mass is 10.0. The highest BCUT2D eigenvalue weighted by Gasteiger charge is 2.10. The number of halogens is 1. The molecule has 0 saturated carbocycles. The Hall–Kier alpha value is -1.74. The molecule has 0 amide bonds. The smallest absolute Gasteiger partial charge is 0.123 e. The zero-order chi connectivity index (χ0) is 11.5. The van der Waals surface area contributed by atoms with E-state index in [0.717, 1.165) is 5.56 Å². The summed E-state index contributed by atoms with van der Waals surface area (Å²) in [6, 6.07) is 7.68. The molecule has 0 fully saturated rings. The van der Waals surface area contributed by atoms with E-state index in [9.17, 15) is 9.50 Å². The minimum Gasteiger partial charge on any atom is -0.384 e. The normalized spacial score (nSPS) is 12.4. The van der Waals surface area contributed by atoms with Gasteiger partial charge in [0, 0.05) is 18.0 Å². The maximum absolute atomic E-state index is 12.7. The number of hydrogen-bond acceptors (Lipinski definition) is 2. The van der Waals surface area contributed by atoms with Crippen LogP contribution in [0.2, 0.25) is 0 Å². The minimum absolute atomic E-state index is 0.307. The first kappa shape index (κ1) is 10.8. The molecule has 0 aliphatic carbocycles. The molecule has 2 aromatic rings. The maximum Gasteiger partial charge on any atom is 0.123 e. The monoisotopic (exact) mass is 217 g/mol. The van der Waals surface area contributed by atoms with Crippen LogP contribution in [0, 0.1) is 12.7 Å². The van der Waals surface area contributed by atoms with Gasteiger partial charge in [-0.1, -0.05) is 18.2 Å². The summed E-state index contributed by atoms with van der Waals surface area (Å²) in [6.45, 7) is 1.91. The van der Waals surface area contributed by atoms with Crippen molar-refractivity contribution < 1.29 is 9.50 Å². The molecule has 2 rings (SSSR count). The van der Waals surface area contributed by atoms with Gasteiger partial charge in [0.25, 0.3) is 0 Å². The fourth-order valence-electron chi connectivity index (χ4n) is 1.57. The molecule has 0 aliphatic rings. The van der Waals surface area contributed by atoms with E-state index < -0.39 is 6.10 Å². The van der Waals surface area contributed by atoms with Crippen molar-refractivity contribution in [3.63, 3.8) is 0 Å². The van der Waals surface area contributed by atoms with Crippen molar-refractivity contribution in [2.24, 2.45) is 0 Å². The number of aliphatic hydroxyl groups is 1. The van der Waals surface area contributed by atoms with Gasteiger partial charge in [0.15, 0.2) is 0 Å². The molecular formula is C13H12FNO. The van der Waals surface area contributed by atoms with Crippen molar-refractivity contribution in [1.82, 2.24) is 4.98 Å². The summed E-state index contributed by atoms with van der Waals surface area (Å²) in [5.41, 5.74) is 2.36. The highest BCUT2D eigenvalue weighted by Crippen LogP contribution is 2.21. The molecule has 1 N–H and O–H groups in total. The molecule has 3 heteroatoms. The molecule has 1 aromatic carbocycles. The Bertz CT molecular complexity index is 482. The lowest BCUT2D eigenvalue weighted by molar-refractivity contribution is 0.219. The first-order valence-electron chi connectivity index (χ1n) is 5.02. The zero-order valence-corrected chi connectivity index (χ0v) is 8.89. The van der Waals surface area contributed by atoms with Crippen LogP contribution in [0.15, 0.2) is 42.7 Å². The van der Waals surface area contributed by atoms with Crippen LogP contribution in [0.4, 0.5) is 4.39 Å². The molecule has 1 unspecified atom stereocenters. The maximum atomic E-state index is 12.7. The fraction of sp³-hybridized carbons (Fsp3) is 0.154. The van der Waals surface area contributed by atoms with Crippen molar-refractivity contribution in [1.29, 1.82) is 0 Å². The van der Waals surface area contributed by atoms with E-state index in [1.165, 1.54) is 12.1 Å². The number of aliphatic hydroxyl groups excluding tert-OH is 1. The lowest BCUT2D eigenvalue weighted by Gasteiger charge is -2.11. The molecule has 0 aliphatic heterocycles. The van der Waals surface area contributed by atoms with Crippen LogP contribution in [0.5, 0.6) is 0 Å². The third-order valence-electron chi connectivity index (χ3n) is 2.40. The number of rotatable bonds is 2. The van der Waals surface area contributed by atoms with Gasteiger partial charge in [-0.05, 0) is 30.2 Å². The summed E-state index contributed by atoms with van der Waals surface area (Å²) < 4.78 is 12.7. The van der Waals surface area contributed by atoms with Gasteiger partial charge < -0.3 is 5.11 Å². The van der Waals surface area contributed by atoms with Gasteiger partial charge in [-0.3, -0.25) is 4.98 Å². The largest absolute Gasteiger partial charge is 0.384 e. The Morgan fingerprint density at radius 2 is 1.81 bits per heavy atom. The Balaban J connectivity index is 2.31. The first-order valence-corrected chi connectivity index (χ1v) is 5.02. The summed E-state index contributed by atoms with van der Waals surface area (Å²) in [7, 11) is 0. The molecule has 16 heavy (non-hydrogen) atoms. The molecule has 1 aromatic heterocycles. The standard InChI is InChI=1S/C13H12FNO/c1-9-6-11(8-15-7-9)13(16)10-2-4-12(14)5-3-10/h2-8,13,16H,1H3. The average molecular weight is 217 g/mol. The lowest BCUT2D eigenvalue weighted by Crippen LogP contribution is -2.00. The van der Waals surface area contributed by atoms with E-state index in [1.54, 1.807) is 24.5 Å². The van der Waals surface area contributed by atoms with E-state index in [2.05, 4.69) is 4.98 Å². The topological polar surface area (TPSA) is 33.1 Å². The summed E-state index contributed by atoms with van der Waals surface area (Å²) in [4.78, 5) is 4.01. The molecule has 0 spiro atoms. The van der Waals surface area contributed by atoms with E-state index in [0.29, 0.717) is 11.1 Å². The van der Waals surface area contributed by atoms with Crippen molar-refractivity contribution >= 4 is 0 Å². The van der Waals surface area contributed by atoms with Crippen molar-refractivity contribution in [3.8, 4) is 0 Å². The van der Waals surface area contributed by atoms with E-state index in [1.807, 2.05) is 13.0 Å². The molecule has 0 saturated heterocycles. The van der Waals surface area contributed by atoms with E-state index in [-0.39, 0.29) is 5.82 Å². The van der Waals surface area contributed by atoms with Gasteiger partial charge in [0.2, 0.25) is 0 Å².